The summed E-state index contributed by atoms with van der Waals surface area (Å²) in [5, 5.41) is 2.32. The summed E-state index contributed by atoms with van der Waals surface area (Å²) in [6, 6.07) is 15.3. The minimum absolute atomic E-state index is 0.241. The zero-order chi connectivity index (χ0) is 22.9. The van der Waals surface area contributed by atoms with Gasteiger partial charge < -0.3 is 14.5 Å². The fourth-order valence-electron chi connectivity index (χ4n) is 4.00. The van der Waals surface area contributed by atoms with E-state index in [1.54, 1.807) is 16.7 Å². The van der Waals surface area contributed by atoms with Crippen molar-refractivity contribution in [3.63, 3.8) is 0 Å². The summed E-state index contributed by atoms with van der Waals surface area (Å²) in [6.07, 6.45) is 1.63. The Hall–Kier alpha value is -2.73. The number of anilines is 1. The minimum Gasteiger partial charge on any atom is -0.444 e. The van der Waals surface area contributed by atoms with E-state index in [0.717, 1.165) is 24.3 Å². The Morgan fingerprint density at radius 1 is 0.938 bits per heavy atom. The van der Waals surface area contributed by atoms with Gasteiger partial charge in [0.2, 0.25) is 0 Å². The molecule has 3 aromatic rings. The summed E-state index contributed by atoms with van der Waals surface area (Å²) < 4.78 is 5.53. The minimum atomic E-state index is -0.477. The Morgan fingerprint density at radius 2 is 1.62 bits per heavy atom. The van der Waals surface area contributed by atoms with Gasteiger partial charge in [0.25, 0.3) is 0 Å². The van der Waals surface area contributed by atoms with Gasteiger partial charge in [-0.15, -0.1) is 0 Å². The Balaban J connectivity index is 1.53. The van der Waals surface area contributed by atoms with E-state index in [4.69, 9.17) is 9.72 Å². The maximum atomic E-state index is 12.4. The lowest BCUT2D eigenvalue weighted by Crippen LogP contribution is -2.50. The SMILES string of the molecule is Cc1cc(C)cc(Sc2ccc3ccnc(N4CCN(C(=O)OC(C)(C)C)CC4)c3c2)c1. The molecule has 1 amide bonds. The molecule has 1 fully saturated rings. The second-order valence-electron chi connectivity index (χ2n) is 9.40. The van der Waals surface area contributed by atoms with E-state index in [0.29, 0.717) is 13.1 Å². The number of aromatic nitrogens is 1. The average molecular weight is 450 g/mol. The number of ether oxygens (including phenoxy) is 1. The highest BCUT2D eigenvalue weighted by Crippen LogP contribution is 2.34. The van der Waals surface area contributed by atoms with Crippen molar-refractivity contribution < 1.29 is 9.53 Å². The van der Waals surface area contributed by atoms with Crippen molar-refractivity contribution in [2.45, 2.75) is 50.0 Å². The summed E-state index contributed by atoms with van der Waals surface area (Å²) in [7, 11) is 0. The van der Waals surface area contributed by atoms with E-state index in [9.17, 15) is 4.79 Å². The van der Waals surface area contributed by atoms with Gasteiger partial charge in [0.1, 0.15) is 11.4 Å². The van der Waals surface area contributed by atoms with Crippen LogP contribution in [-0.4, -0.2) is 47.8 Å². The molecule has 0 saturated carbocycles. The molecule has 1 aliphatic heterocycles. The molecular weight excluding hydrogens is 418 g/mol. The number of benzene rings is 2. The Bertz CT molecular complexity index is 1110. The number of amides is 1. The zero-order valence-corrected chi connectivity index (χ0v) is 20.3. The molecule has 0 atom stereocenters. The van der Waals surface area contributed by atoms with Crippen LogP contribution in [0.2, 0.25) is 0 Å². The van der Waals surface area contributed by atoms with Crippen LogP contribution in [0.25, 0.3) is 10.8 Å². The topological polar surface area (TPSA) is 45.7 Å². The van der Waals surface area contributed by atoms with Crippen LogP contribution in [0.15, 0.2) is 58.5 Å². The zero-order valence-electron chi connectivity index (χ0n) is 19.5. The number of rotatable bonds is 3. The highest BCUT2D eigenvalue weighted by atomic mass is 32.2. The highest BCUT2D eigenvalue weighted by Gasteiger charge is 2.26. The summed E-state index contributed by atoms with van der Waals surface area (Å²) in [5.41, 5.74) is 2.08. The van der Waals surface area contributed by atoms with E-state index in [-0.39, 0.29) is 6.09 Å². The Morgan fingerprint density at radius 3 is 2.28 bits per heavy atom. The van der Waals surface area contributed by atoms with Crippen LogP contribution in [0, 0.1) is 13.8 Å². The van der Waals surface area contributed by atoms with Gasteiger partial charge in [-0.25, -0.2) is 9.78 Å². The van der Waals surface area contributed by atoms with Crippen molar-refractivity contribution in [1.29, 1.82) is 0 Å². The predicted molar refractivity (Wildman–Crippen MR) is 132 cm³/mol. The van der Waals surface area contributed by atoms with Gasteiger partial charge in [0.15, 0.2) is 0 Å². The van der Waals surface area contributed by atoms with Gasteiger partial charge in [0, 0.05) is 47.6 Å². The summed E-state index contributed by atoms with van der Waals surface area (Å²) in [5.74, 6) is 0.981. The fourth-order valence-corrected chi connectivity index (χ4v) is 5.08. The molecule has 5 nitrogen and oxygen atoms in total. The Kier molecular flexibility index (Phi) is 6.33. The molecule has 4 rings (SSSR count). The van der Waals surface area contributed by atoms with Crippen molar-refractivity contribution in [2.75, 3.05) is 31.1 Å². The number of hydrogen-bond acceptors (Lipinski definition) is 5. The molecule has 1 saturated heterocycles. The molecule has 32 heavy (non-hydrogen) atoms. The monoisotopic (exact) mass is 449 g/mol. The van der Waals surface area contributed by atoms with E-state index in [1.165, 1.54) is 26.3 Å². The number of aryl methyl sites for hydroxylation is 2. The van der Waals surface area contributed by atoms with Gasteiger partial charge in [-0.05, 0) is 81.5 Å². The van der Waals surface area contributed by atoms with E-state index >= 15 is 0 Å². The molecular formula is C26H31N3O2S. The van der Waals surface area contributed by atoms with Crippen LogP contribution in [0.4, 0.5) is 10.6 Å². The molecule has 0 aliphatic carbocycles. The lowest BCUT2D eigenvalue weighted by molar-refractivity contribution is 0.0240. The van der Waals surface area contributed by atoms with Crippen molar-refractivity contribution in [3.05, 3.63) is 59.8 Å². The third kappa shape index (κ3) is 5.36. The molecule has 0 bridgehead atoms. The van der Waals surface area contributed by atoms with Gasteiger partial charge in [-0.2, -0.15) is 0 Å². The third-order valence-corrected chi connectivity index (χ3v) is 6.34. The standard InChI is InChI=1S/C26H31N3O2S/c1-18-14-19(2)16-22(15-18)32-21-7-6-20-8-9-27-24(23(20)17-21)28-10-12-29(13-11-28)25(30)31-26(3,4)5/h6-9,14-17H,10-13H2,1-5H3. The first-order valence-electron chi connectivity index (χ1n) is 11.1. The van der Waals surface area contributed by atoms with Crippen LogP contribution in [0.3, 0.4) is 0 Å². The number of nitrogens with zero attached hydrogens (tertiary/aromatic N) is 3. The quantitative estimate of drug-likeness (QED) is 0.486. The number of carbonyl (C=O) groups is 1. The smallest absolute Gasteiger partial charge is 0.410 e. The van der Waals surface area contributed by atoms with Crippen molar-refractivity contribution in [1.82, 2.24) is 9.88 Å². The maximum absolute atomic E-state index is 12.4. The molecule has 1 aliphatic rings. The number of hydrogen-bond donors (Lipinski definition) is 0. The molecule has 0 spiro atoms. The van der Waals surface area contributed by atoms with Crippen molar-refractivity contribution in [2.24, 2.45) is 0 Å². The lowest BCUT2D eigenvalue weighted by atomic mass is 10.1. The molecule has 0 unspecified atom stereocenters. The molecule has 1 aromatic heterocycles. The van der Waals surface area contributed by atoms with Crippen LogP contribution >= 0.6 is 11.8 Å². The summed E-state index contributed by atoms with van der Waals surface area (Å²) >= 11 is 1.78. The highest BCUT2D eigenvalue weighted by molar-refractivity contribution is 7.99. The van der Waals surface area contributed by atoms with E-state index in [1.807, 2.05) is 27.0 Å². The maximum Gasteiger partial charge on any atom is 0.410 e. The first-order valence-corrected chi connectivity index (χ1v) is 11.9. The molecule has 2 aromatic carbocycles. The molecule has 2 heterocycles. The third-order valence-electron chi connectivity index (χ3n) is 5.38. The van der Waals surface area contributed by atoms with E-state index in [2.05, 4.69) is 61.2 Å². The van der Waals surface area contributed by atoms with Crippen LogP contribution < -0.4 is 4.90 Å². The number of fused-ring (bicyclic) bond motifs is 1. The van der Waals surface area contributed by atoms with Gasteiger partial charge in [-0.3, -0.25) is 0 Å². The number of pyridine rings is 1. The normalized spacial score (nSPS) is 14.7. The molecule has 0 N–H and O–H groups in total. The Labute approximate surface area is 194 Å². The second kappa shape index (κ2) is 9.02. The van der Waals surface area contributed by atoms with Crippen molar-refractivity contribution in [3.8, 4) is 0 Å². The molecule has 168 valence electrons. The number of piperazine rings is 1. The summed E-state index contributed by atoms with van der Waals surface area (Å²) in [6.45, 7) is 12.7. The molecule has 6 heteroatoms. The second-order valence-corrected chi connectivity index (χ2v) is 10.5. The van der Waals surface area contributed by atoms with Gasteiger partial charge in [-0.1, -0.05) is 23.9 Å². The first kappa shape index (κ1) is 22.5. The summed E-state index contributed by atoms with van der Waals surface area (Å²) in [4.78, 5) is 23.6. The largest absolute Gasteiger partial charge is 0.444 e. The van der Waals surface area contributed by atoms with Crippen LogP contribution in [0.1, 0.15) is 31.9 Å². The average Bonchev–Trinajstić information content (AvgIpc) is 2.71. The number of carbonyl (C=O) groups excluding carboxylic acids is 1. The fraction of sp³-hybridized carbons (Fsp3) is 0.385. The van der Waals surface area contributed by atoms with Gasteiger partial charge >= 0.3 is 6.09 Å². The first-order chi connectivity index (χ1) is 15.2. The van der Waals surface area contributed by atoms with Gasteiger partial charge in [0.05, 0.1) is 0 Å². The predicted octanol–water partition coefficient (Wildman–Crippen LogP) is 6.06. The van der Waals surface area contributed by atoms with Crippen LogP contribution in [-0.2, 0) is 4.74 Å². The lowest BCUT2D eigenvalue weighted by Gasteiger charge is -2.36. The van der Waals surface area contributed by atoms with E-state index < -0.39 is 5.60 Å². The van der Waals surface area contributed by atoms with Crippen molar-refractivity contribution >= 4 is 34.4 Å². The van der Waals surface area contributed by atoms with Crippen LogP contribution in [0.5, 0.6) is 0 Å². The molecule has 0 radical (unpaired) electrons.